The van der Waals surface area contributed by atoms with E-state index in [9.17, 15) is 4.79 Å². The molecule has 2 rings (SSSR count). The van der Waals surface area contributed by atoms with E-state index in [1.54, 1.807) is 0 Å². The summed E-state index contributed by atoms with van der Waals surface area (Å²) in [7, 11) is 0. The first-order valence-electron chi connectivity index (χ1n) is 5.65. The van der Waals surface area contributed by atoms with E-state index >= 15 is 0 Å². The molecule has 0 aromatic carbocycles. The monoisotopic (exact) mass is 213 g/mol. The van der Waals surface area contributed by atoms with Crippen molar-refractivity contribution in [2.24, 2.45) is 11.7 Å². The van der Waals surface area contributed by atoms with Crippen molar-refractivity contribution in [3.63, 3.8) is 0 Å². The Bertz CT molecular complexity index is 227. The molecule has 1 amide bonds. The molecule has 3 N–H and O–H groups in total. The Kier molecular flexibility index (Phi) is 3.43. The number of carbonyl (C=O) groups excluding carboxylic acids is 1. The molecular formula is C10H19N3O2. The van der Waals surface area contributed by atoms with Crippen molar-refractivity contribution in [3.05, 3.63) is 0 Å². The van der Waals surface area contributed by atoms with Crippen LogP contribution in [0.25, 0.3) is 0 Å². The second-order valence-electron chi connectivity index (χ2n) is 4.39. The Hall–Kier alpha value is -0.810. The third-order valence-electron chi connectivity index (χ3n) is 3.25. The number of rotatable bonds is 3. The van der Waals surface area contributed by atoms with Gasteiger partial charge in [-0.15, -0.1) is 0 Å². The van der Waals surface area contributed by atoms with Gasteiger partial charge in [-0.25, -0.2) is 4.79 Å². The molecule has 0 spiro atoms. The van der Waals surface area contributed by atoms with E-state index in [1.807, 2.05) is 0 Å². The normalized spacial score (nSPS) is 28.9. The predicted octanol–water partition coefficient (Wildman–Crippen LogP) is -0.234. The lowest BCUT2D eigenvalue weighted by Gasteiger charge is -2.32. The highest BCUT2D eigenvalue weighted by Gasteiger charge is 2.26. The number of alkyl carbamates (subject to hydrolysis) is 1. The minimum atomic E-state index is -0.281. The average Bonchev–Trinajstić information content (AvgIpc) is 2.65. The topological polar surface area (TPSA) is 67.6 Å². The van der Waals surface area contributed by atoms with E-state index in [1.165, 1.54) is 12.8 Å². The molecule has 0 aromatic rings. The standard InChI is InChI=1S/C10H19N3O2/c11-5-8-1-3-13(4-2-8)7-9-6-12-10(14)15-9/h8-9H,1-7,11H2,(H,12,14). The van der Waals surface area contributed by atoms with Crippen LogP contribution >= 0.6 is 0 Å². The Labute approximate surface area is 89.9 Å². The van der Waals surface area contributed by atoms with Crippen LogP contribution in [-0.2, 0) is 4.74 Å². The summed E-state index contributed by atoms with van der Waals surface area (Å²) in [5.41, 5.74) is 5.63. The van der Waals surface area contributed by atoms with Gasteiger partial charge in [0.25, 0.3) is 0 Å². The molecule has 0 bridgehead atoms. The smallest absolute Gasteiger partial charge is 0.407 e. The Morgan fingerprint density at radius 3 is 2.73 bits per heavy atom. The lowest BCUT2D eigenvalue weighted by atomic mass is 9.97. The lowest BCUT2D eigenvalue weighted by molar-refractivity contribution is 0.0922. The first-order valence-corrected chi connectivity index (χ1v) is 5.65. The molecule has 86 valence electrons. The molecule has 2 aliphatic heterocycles. The summed E-state index contributed by atoms with van der Waals surface area (Å²) in [6.45, 7) is 4.46. The molecule has 0 radical (unpaired) electrons. The molecule has 2 fully saturated rings. The Balaban J connectivity index is 1.70. The van der Waals surface area contributed by atoms with E-state index in [2.05, 4.69) is 10.2 Å². The van der Waals surface area contributed by atoms with Crippen molar-refractivity contribution in [3.8, 4) is 0 Å². The maximum Gasteiger partial charge on any atom is 0.407 e. The van der Waals surface area contributed by atoms with Crippen molar-refractivity contribution >= 4 is 6.09 Å². The van der Waals surface area contributed by atoms with Crippen LogP contribution in [0.4, 0.5) is 4.79 Å². The summed E-state index contributed by atoms with van der Waals surface area (Å²) >= 11 is 0. The maximum atomic E-state index is 10.8. The summed E-state index contributed by atoms with van der Waals surface area (Å²) in [5, 5.41) is 2.67. The summed E-state index contributed by atoms with van der Waals surface area (Å²) in [6.07, 6.45) is 2.10. The molecule has 0 aliphatic carbocycles. The second-order valence-corrected chi connectivity index (χ2v) is 4.39. The molecule has 5 nitrogen and oxygen atoms in total. The van der Waals surface area contributed by atoms with Crippen LogP contribution in [0.5, 0.6) is 0 Å². The van der Waals surface area contributed by atoms with Crippen LogP contribution in [0.1, 0.15) is 12.8 Å². The quantitative estimate of drug-likeness (QED) is 0.679. The highest BCUT2D eigenvalue weighted by atomic mass is 16.6. The number of hydrogen-bond donors (Lipinski definition) is 2. The van der Waals surface area contributed by atoms with E-state index in [0.29, 0.717) is 12.5 Å². The van der Waals surface area contributed by atoms with Gasteiger partial charge in [0.15, 0.2) is 0 Å². The van der Waals surface area contributed by atoms with Crippen LogP contribution in [0, 0.1) is 5.92 Å². The summed E-state index contributed by atoms with van der Waals surface area (Å²) < 4.78 is 5.10. The Morgan fingerprint density at radius 1 is 1.47 bits per heavy atom. The van der Waals surface area contributed by atoms with Gasteiger partial charge in [0.1, 0.15) is 6.10 Å². The number of nitrogens with one attached hydrogen (secondary N) is 1. The van der Waals surface area contributed by atoms with Gasteiger partial charge in [0.2, 0.25) is 0 Å². The average molecular weight is 213 g/mol. The van der Waals surface area contributed by atoms with Gasteiger partial charge in [0, 0.05) is 6.54 Å². The van der Waals surface area contributed by atoms with Crippen LogP contribution in [-0.4, -0.2) is 49.8 Å². The highest BCUT2D eigenvalue weighted by molar-refractivity contribution is 5.69. The van der Waals surface area contributed by atoms with Gasteiger partial charge < -0.3 is 15.8 Å². The van der Waals surface area contributed by atoms with Gasteiger partial charge in [-0.3, -0.25) is 4.90 Å². The van der Waals surface area contributed by atoms with Gasteiger partial charge in [0.05, 0.1) is 6.54 Å². The summed E-state index contributed by atoms with van der Waals surface area (Å²) in [4.78, 5) is 13.2. The van der Waals surface area contributed by atoms with E-state index in [0.717, 1.165) is 26.2 Å². The van der Waals surface area contributed by atoms with Gasteiger partial charge in [-0.2, -0.15) is 0 Å². The van der Waals surface area contributed by atoms with Crippen LogP contribution in [0.3, 0.4) is 0 Å². The third-order valence-corrected chi connectivity index (χ3v) is 3.25. The molecule has 1 unspecified atom stereocenters. The largest absolute Gasteiger partial charge is 0.443 e. The molecule has 15 heavy (non-hydrogen) atoms. The van der Waals surface area contributed by atoms with Gasteiger partial charge >= 0.3 is 6.09 Å². The van der Waals surface area contributed by atoms with Crippen LogP contribution < -0.4 is 11.1 Å². The number of nitrogens with zero attached hydrogens (tertiary/aromatic N) is 1. The van der Waals surface area contributed by atoms with Crippen molar-refractivity contribution in [1.29, 1.82) is 0 Å². The zero-order chi connectivity index (χ0) is 10.7. The van der Waals surface area contributed by atoms with Gasteiger partial charge in [-0.1, -0.05) is 0 Å². The summed E-state index contributed by atoms with van der Waals surface area (Å²) in [6, 6.07) is 0. The number of carbonyl (C=O) groups is 1. The second kappa shape index (κ2) is 4.81. The van der Waals surface area contributed by atoms with Crippen molar-refractivity contribution in [2.45, 2.75) is 18.9 Å². The predicted molar refractivity (Wildman–Crippen MR) is 56.5 cm³/mol. The molecule has 1 atom stereocenters. The molecule has 5 heteroatoms. The van der Waals surface area contributed by atoms with Crippen molar-refractivity contribution in [2.75, 3.05) is 32.7 Å². The fraction of sp³-hybridized carbons (Fsp3) is 0.900. The minimum absolute atomic E-state index is 0.0342. The number of likely N-dealkylation sites (tertiary alicyclic amines) is 1. The Morgan fingerprint density at radius 2 is 2.20 bits per heavy atom. The third kappa shape index (κ3) is 2.82. The van der Waals surface area contributed by atoms with Crippen molar-refractivity contribution < 1.29 is 9.53 Å². The number of amides is 1. The van der Waals surface area contributed by atoms with E-state index < -0.39 is 0 Å². The van der Waals surface area contributed by atoms with Crippen LogP contribution in [0.15, 0.2) is 0 Å². The SMILES string of the molecule is NCC1CCN(CC2CNC(=O)O2)CC1. The fourth-order valence-electron chi connectivity index (χ4n) is 2.23. The molecule has 2 saturated heterocycles. The first kappa shape index (κ1) is 10.7. The maximum absolute atomic E-state index is 10.8. The number of piperidine rings is 1. The number of cyclic esters (lactones) is 1. The minimum Gasteiger partial charge on any atom is -0.443 e. The van der Waals surface area contributed by atoms with Crippen LogP contribution in [0.2, 0.25) is 0 Å². The fourth-order valence-corrected chi connectivity index (χ4v) is 2.23. The zero-order valence-electron chi connectivity index (χ0n) is 8.95. The number of ether oxygens (including phenoxy) is 1. The molecule has 0 saturated carbocycles. The number of hydrogen-bond acceptors (Lipinski definition) is 4. The zero-order valence-corrected chi connectivity index (χ0v) is 8.95. The van der Waals surface area contributed by atoms with Crippen molar-refractivity contribution in [1.82, 2.24) is 10.2 Å². The first-order chi connectivity index (χ1) is 7.28. The van der Waals surface area contributed by atoms with E-state index in [4.69, 9.17) is 10.5 Å². The molecule has 2 aliphatic rings. The molecule has 2 heterocycles. The summed E-state index contributed by atoms with van der Waals surface area (Å²) in [5.74, 6) is 0.686. The highest BCUT2D eigenvalue weighted by Crippen LogP contribution is 2.16. The lowest BCUT2D eigenvalue weighted by Crippen LogP contribution is -2.41. The molecule has 0 aromatic heterocycles. The van der Waals surface area contributed by atoms with E-state index in [-0.39, 0.29) is 12.2 Å². The number of nitrogens with two attached hydrogens (primary N) is 1. The van der Waals surface area contributed by atoms with Gasteiger partial charge in [-0.05, 0) is 38.4 Å². The molecular weight excluding hydrogens is 194 g/mol.